The number of nitrogens with one attached hydrogen (secondary N) is 1. The lowest BCUT2D eigenvalue weighted by atomic mass is 10.0. The maximum Gasteiger partial charge on any atom is 0.0587 e. The topological polar surface area (TPSA) is 24.5 Å². The molecule has 1 aliphatic heterocycles. The number of likely N-dealkylation sites (tertiary alicyclic amines) is 1. The molecule has 0 radical (unpaired) electrons. The molecular formula is C16H24Cl2N2O. The van der Waals surface area contributed by atoms with Crippen molar-refractivity contribution in [3.63, 3.8) is 0 Å². The lowest BCUT2D eigenvalue weighted by Gasteiger charge is -2.36. The number of hydrogen-bond donors (Lipinski definition) is 1. The molecule has 1 heterocycles. The molecule has 1 unspecified atom stereocenters. The zero-order chi connectivity index (χ0) is 15.1. The van der Waals surface area contributed by atoms with Crippen LogP contribution in [0.15, 0.2) is 18.2 Å². The number of benzene rings is 1. The number of methoxy groups -OCH3 is 1. The van der Waals surface area contributed by atoms with Crippen molar-refractivity contribution >= 4 is 23.2 Å². The Hall–Kier alpha value is -0.320. The molecule has 1 aromatic carbocycles. The third-order valence-corrected chi connectivity index (χ3v) is 4.59. The Labute approximate surface area is 137 Å². The molecule has 1 N–H and O–H groups in total. The fraction of sp³-hybridized carbons (Fsp3) is 0.625. The molecule has 118 valence electrons. The maximum atomic E-state index is 6.30. The van der Waals surface area contributed by atoms with Crippen molar-refractivity contribution in [2.75, 3.05) is 33.4 Å². The van der Waals surface area contributed by atoms with Gasteiger partial charge in [0, 0.05) is 42.8 Å². The Morgan fingerprint density at radius 3 is 2.95 bits per heavy atom. The van der Waals surface area contributed by atoms with Gasteiger partial charge in [-0.1, -0.05) is 35.7 Å². The molecule has 0 amide bonds. The summed E-state index contributed by atoms with van der Waals surface area (Å²) in [5.74, 6) is 0. The highest BCUT2D eigenvalue weighted by Crippen LogP contribution is 2.25. The summed E-state index contributed by atoms with van der Waals surface area (Å²) in [4.78, 5) is 2.53. The van der Waals surface area contributed by atoms with Gasteiger partial charge >= 0.3 is 0 Å². The fourth-order valence-electron chi connectivity index (χ4n) is 2.81. The molecular weight excluding hydrogens is 307 g/mol. The Bertz CT molecular complexity index is 442. The number of rotatable bonds is 7. The van der Waals surface area contributed by atoms with E-state index in [0.29, 0.717) is 11.1 Å². The lowest BCUT2D eigenvalue weighted by Crippen LogP contribution is -2.45. The number of hydrogen-bond acceptors (Lipinski definition) is 3. The molecule has 0 aromatic heterocycles. The van der Waals surface area contributed by atoms with Crippen LogP contribution in [0.25, 0.3) is 0 Å². The van der Waals surface area contributed by atoms with Crippen molar-refractivity contribution in [3.8, 4) is 0 Å². The first-order chi connectivity index (χ1) is 10.2. The Morgan fingerprint density at radius 2 is 2.19 bits per heavy atom. The van der Waals surface area contributed by atoms with Crippen molar-refractivity contribution in [3.05, 3.63) is 33.8 Å². The fourth-order valence-corrected chi connectivity index (χ4v) is 3.28. The van der Waals surface area contributed by atoms with Crippen molar-refractivity contribution < 1.29 is 4.74 Å². The first-order valence-corrected chi connectivity index (χ1v) is 8.34. The largest absolute Gasteiger partial charge is 0.383 e. The molecule has 5 heteroatoms. The number of piperidine rings is 1. The Balaban J connectivity index is 1.91. The van der Waals surface area contributed by atoms with Gasteiger partial charge in [0.05, 0.1) is 6.61 Å². The van der Waals surface area contributed by atoms with Crippen LogP contribution >= 0.6 is 23.2 Å². The predicted molar refractivity (Wildman–Crippen MR) is 89.3 cm³/mol. The quantitative estimate of drug-likeness (QED) is 0.773. The van der Waals surface area contributed by atoms with Gasteiger partial charge in [0.15, 0.2) is 0 Å². The van der Waals surface area contributed by atoms with Crippen LogP contribution in [-0.4, -0.2) is 44.3 Å². The van der Waals surface area contributed by atoms with E-state index < -0.39 is 0 Å². The van der Waals surface area contributed by atoms with Gasteiger partial charge in [-0.15, -0.1) is 0 Å². The molecule has 1 aromatic rings. The highest BCUT2D eigenvalue weighted by atomic mass is 35.5. The highest BCUT2D eigenvalue weighted by Gasteiger charge is 2.22. The van der Waals surface area contributed by atoms with Crippen molar-refractivity contribution in [2.24, 2.45) is 0 Å². The summed E-state index contributed by atoms with van der Waals surface area (Å²) in [5.41, 5.74) is 1.16. The van der Waals surface area contributed by atoms with E-state index >= 15 is 0 Å². The second kappa shape index (κ2) is 8.96. The third kappa shape index (κ3) is 5.42. The SMILES string of the molecule is COCCNCC1CCCCN1Cc1ccc(Cl)cc1Cl. The molecule has 0 spiro atoms. The van der Waals surface area contributed by atoms with Crippen molar-refractivity contribution in [1.29, 1.82) is 0 Å². The van der Waals surface area contributed by atoms with Crippen LogP contribution in [0, 0.1) is 0 Å². The summed E-state index contributed by atoms with van der Waals surface area (Å²) < 4.78 is 5.07. The van der Waals surface area contributed by atoms with Crippen LogP contribution in [0.2, 0.25) is 10.0 Å². The van der Waals surface area contributed by atoms with Gasteiger partial charge in [0.2, 0.25) is 0 Å². The minimum absolute atomic E-state index is 0.572. The number of halogens is 2. The van der Waals surface area contributed by atoms with Crippen molar-refractivity contribution in [2.45, 2.75) is 31.8 Å². The average Bonchev–Trinajstić information content (AvgIpc) is 2.48. The van der Waals surface area contributed by atoms with Crippen molar-refractivity contribution in [1.82, 2.24) is 10.2 Å². The molecule has 1 saturated heterocycles. The summed E-state index contributed by atoms with van der Waals surface area (Å²) in [6.07, 6.45) is 3.81. The van der Waals surface area contributed by atoms with Gasteiger partial charge in [-0.05, 0) is 37.1 Å². The van der Waals surface area contributed by atoms with Crippen LogP contribution in [0.5, 0.6) is 0 Å². The second-order valence-corrected chi connectivity index (χ2v) is 6.40. The van der Waals surface area contributed by atoms with Crippen LogP contribution < -0.4 is 5.32 Å². The van der Waals surface area contributed by atoms with E-state index in [4.69, 9.17) is 27.9 Å². The number of nitrogens with zero attached hydrogens (tertiary/aromatic N) is 1. The van der Waals surface area contributed by atoms with Gasteiger partial charge in [-0.2, -0.15) is 0 Å². The minimum atomic E-state index is 0.572. The molecule has 0 bridgehead atoms. The van der Waals surface area contributed by atoms with E-state index in [1.807, 2.05) is 18.2 Å². The van der Waals surface area contributed by atoms with Gasteiger partial charge in [-0.25, -0.2) is 0 Å². The highest BCUT2D eigenvalue weighted by molar-refractivity contribution is 6.35. The third-order valence-electron chi connectivity index (χ3n) is 4.00. The zero-order valence-corrected chi connectivity index (χ0v) is 14.1. The average molecular weight is 331 g/mol. The summed E-state index contributed by atoms with van der Waals surface area (Å²) in [6, 6.07) is 6.35. The van der Waals surface area contributed by atoms with E-state index in [-0.39, 0.29) is 0 Å². The smallest absolute Gasteiger partial charge is 0.0587 e. The minimum Gasteiger partial charge on any atom is -0.383 e. The summed E-state index contributed by atoms with van der Waals surface area (Å²) in [7, 11) is 1.73. The first kappa shape index (κ1) is 17.0. The standard InChI is InChI=1S/C16H24Cl2N2O/c1-21-9-7-19-11-15-4-2-3-8-20(15)12-13-5-6-14(17)10-16(13)18/h5-6,10,15,19H,2-4,7-9,11-12H2,1H3. The second-order valence-electron chi connectivity index (χ2n) is 5.55. The molecule has 2 rings (SSSR count). The summed E-state index contributed by atoms with van der Waals surface area (Å²) in [6.45, 7) is 4.70. The molecule has 1 fully saturated rings. The van der Waals surface area contributed by atoms with Gasteiger partial charge < -0.3 is 10.1 Å². The van der Waals surface area contributed by atoms with E-state index in [2.05, 4.69) is 10.2 Å². The predicted octanol–water partition coefficient (Wildman–Crippen LogP) is 3.58. The van der Waals surface area contributed by atoms with Crippen LogP contribution in [0.4, 0.5) is 0 Å². The zero-order valence-electron chi connectivity index (χ0n) is 12.6. The van der Waals surface area contributed by atoms with E-state index in [1.165, 1.54) is 19.3 Å². The van der Waals surface area contributed by atoms with E-state index in [1.54, 1.807) is 7.11 Å². The van der Waals surface area contributed by atoms with Gasteiger partial charge in [0.1, 0.15) is 0 Å². The van der Waals surface area contributed by atoms with Crippen LogP contribution in [-0.2, 0) is 11.3 Å². The lowest BCUT2D eigenvalue weighted by molar-refractivity contribution is 0.133. The summed E-state index contributed by atoms with van der Waals surface area (Å²) >= 11 is 12.3. The summed E-state index contributed by atoms with van der Waals surface area (Å²) in [5, 5.41) is 4.93. The molecule has 21 heavy (non-hydrogen) atoms. The van der Waals surface area contributed by atoms with Crippen LogP contribution in [0.1, 0.15) is 24.8 Å². The normalized spacial score (nSPS) is 19.9. The van der Waals surface area contributed by atoms with Gasteiger partial charge in [-0.3, -0.25) is 4.90 Å². The molecule has 3 nitrogen and oxygen atoms in total. The Morgan fingerprint density at radius 1 is 1.33 bits per heavy atom. The molecule has 1 aliphatic rings. The first-order valence-electron chi connectivity index (χ1n) is 7.58. The maximum absolute atomic E-state index is 6.30. The van der Waals surface area contributed by atoms with E-state index in [0.717, 1.165) is 43.4 Å². The Kier molecular flexibility index (Phi) is 7.27. The monoisotopic (exact) mass is 330 g/mol. The molecule has 1 atom stereocenters. The van der Waals surface area contributed by atoms with Crippen LogP contribution in [0.3, 0.4) is 0 Å². The van der Waals surface area contributed by atoms with E-state index in [9.17, 15) is 0 Å². The molecule has 0 aliphatic carbocycles. The number of ether oxygens (including phenoxy) is 1. The van der Waals surface area contributed by atoms with Gasteiger partial charge in [0.25, 0.3) is 0 Å². The molecule has 0 saturated carbocycles.